The molecule has 1 rings (SSSR count). The van der Waals surface area contributed by atoms with Gasteiger partial charge in [-0.1, -0.05) is 35.4 Å². The molecule has 0 atom stereocenters. The van der Waals surface area contributed by atoms with Crippen molar-refractivity contribution in [3.05, 3.63) is 42.0 Å². The first-order valence-corrected chi connectivity index (χ1v) is 3.61. The maximum atomic E-state index is 11.1. The van der Waals surface area contributed by atoms with E-state index in [1.165, 1.54) is 0 Å². The van der Waals surface area contributed by atoms with E-state index in [0.717, 1.165) is 11.1 Å². The SMILES string of the molecule is C=CCc1cc(C)ccc1[O-].[Na+]. The fourth-order valence-electron chi connectivity index (χ4n) is 1.02. The van der Waals surface area contributed by atoms with Crippen LogP contribution in [0.5, 0.6) is 5.75 Å². The van der Waals surface area contributed by atoms with Gasteiger partial charge in [-0.3, -0.25) is 0 Å². The zero-order valence-corrected chi connectivity index (χ0v) is 9.63. The Balaban J connectivity index is 0.00000121. The zero-order chi connectivity index (χ0) is 8.27. The minimum atomic E-state index is 0. The second kappa shape index (κ2) is 5.41. The first-order chi connectivity index (χ1) is 5.24. The molecule has 12 heavy (non-hydrogen) atoms. The van der Waals surface area contributed by atoms with Gasteiger partial charge < -0.3 is 5.11 Å². The predicted molar refractivity (Wildman–Crippen MR) is 44.5 cm³/mol. The monoisotopic (exact) mass is 170 g/mol. The molecule has 0 spiro atoms. The maximum absolute atomic E-state index is 11.1. The van der Waals surface area contributed by atoms with E-state index in [2.05, 4.69) is 6.58 Å². The van der Waals surface area contributed by atoms with Crippen LogP contribution in [0.3, 0.4) is 0 Å². The van der Waals surface area contributed by atoms with Gasteiger partial charge in [0.25, 0.3) is 0 Å². The minimum absolute atomic E-state index is 0. The molecule has 58 valence electrons. The van der Waals surface area contributed by atoms with Crippen LogP contribution in [0.25, 0.3) is 0 Å². The summed E-state index contributed by atoms with van der Waals surface area (Å²) in [7, 11) is 0. The van der Waals surface area contributed by atoms with Crippen LogP contribution in [0.4, 0.5) is 0 Å². The third kappa shape index (κ3) is 3.02. The Bertz CT molecular complexity index is 269. The van der Waals surface area contributed by atoms with Crippen LogP contribution in [0.1, 0.15) is 11.1 Å². The fourth-order valence-corrected chi connectivity index (χ4v) is 1.02. The Kier molecular flexibility index (Phi) is 5.31. The van der Waals surface area contributed by atoms with Gasteiger partial charge >= 0.3 is 29.6 Å². The molecular weight excluding hydrogens is 159 g/mol. The van der Waals surface area contributed by atoms with E-state index in [1.54, 1.807) is 12.1 Å². The summed E-state index contributed by atoms with van der Waals surface area (Å²) in [5, 5.41) is 11.1. The van der Waals surface area contributed by atoms with Crippen LogP contribution in [-0.2, 0) is 6.42 Å². The Morgan fingerprint density at radius 1 is 1.50 bits per heavy atom. The zero-order valence-electron chi connectivity index (χ0n) is 7.63. The molecule has 0 N–H and O–H groups in total. The molecule has 0 radical (unpaired) electrons. The van der Waals surface area contributed by atoms with E-state index in [9.17, 15) is 5.11 Å². The number of rotatable bonds is 2. The number of benzene rings is 1. The van der Waals surface area contributed by atoms with Crippen molar-refractivity contribution in [1.29, 1.82) is 0 Å². The van der Waals surface area contributed by atoms with Crippen molar-refractivity contribution >= 4 is 0 Å². The quantitative estimate of drug-likeness (QED) is 0.404. The van der Waals surface area contributed by atoms with Crippen LogP contribution >= 0.6 is 0 Å². The third-order valence-corrected chi connectivity index (χ3v) is 1.58. The number of hydrogen-bond donors (Lipinski definition) is 0. The smallest absolute Gasteiger partial charge is 0.872 e. The van der Waals surface area contributed by atoms with Crippen molar-refractivity contribution in [2.45, 2.75) is 13.3 Å². The predicted octanol–water partition coefficient (Wildman–Crippen LogP) is -1.20. The fraction of sp³-hybridized carbons (Fsp3) is 0.200. The summed E-state index contributed by atoms with van der Waals surface area (Å²) in [6.07, 6.45) is 2.41. The van der Waals surface area contributed by atoms with Crippen molar-refractivity contribution in [1.82, 2.24) is 0 Å². The first kappa shape index (κ1) is 11.8. The molecule has 1 nitrogen and oxygen atoms in total. The van der Waals surface area contributed by atoms with Crippen LogP contribution in [0.2, 0.25) is 0 Å². The maximum Gasteiger partial charge on any atom is 1.00 e. The third-order valence-electron chi connectivity index (χ3n) is 1.58. The van der Waals surface area contributed by atoms with E-state index in [0.29, 0.717) is 6.42 Å². The second-order valence-electron chi connectivity index (χ2n) is 2.60. The molecule has 0 fully saturated rings. The number of aryl methyl sites for hydroxylation is 1. The molecule has 0 unspecified atom stereocenters. The second-order valence-corrected chi connectivity index (χ2v) is 2.60. The van der Waals surface area contributed by atoms with E-state index in [-0.39, 0.29) is 35.3 Å². The normalized spacial score (nSPS) is 8.75. The molecule has 0 saturated carbocycles. The summed E-state index contributed by atoms with van der Waals surface area (Å²) in [4.78, 5) is 0. The summed E-state index contributed by atoms with van der Waals surface area (Å²) in [5.41, 5.74) is 1.96. The van der Waals surface area contributed by atoms with Crippen LogP contribution in [0.15, 0.2) is 30.9 Å². The Morgan fingerprint density at radius 3 is 2.75 bits per heavy atom. The molecule has 0 amide bonds. The van der Waals surface area contributed by atoms with Crippen molar-refractivity contribution < 1.29 is 34.7 Å². The van der Waals surface area contributed by atoms with Crippen molar-refractivity contribution in [3.8, 4) is 5.75 Å². The van der Waals surface area contributed by atoms with Gasteiger partial charge in [-0.15, -0.1) is 12.3 Å². The van der Waals surface area contributed by atoms with Gasteiger partial charge in [-0.2, -0.15) is 0 Å². The topological polar surface area (TPSA) is 23.1 Å². The number of allylic oxidation sites excluding steroid dienone is 1. The largest absolute Gasteiger partial charge is 1.00 e. The number of hydrogen-bond acceptors (Lipinski definition) is 1. The molecule has 0 aromatic heterocycles. The van der Waals surface area contributed by atoms with Crippen molar-refractivity contribution in [2.24, 2.45) is 0 Å². The summed E-state index contributed by atoms with van der Waals surface area (Å²) < 4.78 is 0. The molecule has 0 aliphatic carbocycles. The van der Waals surface area contributed by atoms with Gasteiger partial charge in [-0.05, 0) is 13.3 Å². The molecule has 0 aliphatic heterocycles. The van der Waals surface area contributed by atoms with Crippen molar-refractivity contribution in [2.75, 3.05) is 0 Å². The Hall–Kier alpha value is -0.240. The molecule has 0 bridgehead atoms. The van der Waals surface area contributed by atoms with Gasteiger partial charge in [0.05, 0.1) is 0 Å². The minimum Gasteiger partial charge on any atom is -0.872 e. The molecular formula is C10H11NaO. The van der Waals surface area contributed by atoms with Gasteiger partial charge in [0.15, 0.2) is 0 Å². The summed E-state index contributed by atoms with van der Waals surface area (Å²) in [6.45, 7) is 5.57. The molecule has 0 aliphatic rings. The van der Waals surface area contributed by atoms with Gasteiger partial charge in [-0.25, -0.2) is 0 Å². The van der Waals surface area contributed by atoms with Crippen LogP contribution in [-0.4, -0.2) is 0 Å². The van der Waals surface area contributed by atoms with Gasteiger partial charge in [0.2, 0.25) is 0 Å². The molecule has 2 heteroatoms. The summed E-state index contributed by atoms with van der Waals surface area (Å²) >= 11 is 0. The van der Waals surface area contributed by atoms with Gasteiger partial charge in [0.1, 0.15) is 0 Å². The Morgan fingerprint density at radius 2 is 2.17 bits per heavy atom. The molecule has 0 saturated heterocycles. The first-order valence-electron chi connectivity index (χ1n) is 3.61. The van der Waals surface area contributed by atoms with Crippen LogP contribution in [0, 0.1) is 6.92 Å². The molecule has 1 aromatic rings. The van der Waals surface area contributed by atoms with E-state index >= 15 is 0 Å². The average Bonchev–Trinajstić information content (AvgIpc) is 1.98. The van der Waals surface area contributed by atoms with E-state index in [4.69, 9.17) is 0 Å². The standard InChI is InChI=1S/C10H12O.Na/c1-3-4-9-7-8(2)5-6-10(9)11;/h3,5-7,11H,1,4H2,2H3;/q;+1/p-1. The molecule has 1 aromatic carbocycles. The summed E-state index contributed by atoms with van der Waals surface area (Å²) in [5.74, 6) is 0.107. The van der Waals surface area contributed by atoms with Crippen LogP contribution < -0.4 is 34.7 Å². The summed E-state index contributed by atoms with van der Waals surface area (Å²) in [6, 6.07) is 5.34. The van der Waals surface area contributed by atoms with Gasteiger partial charge in [0, 0.05) is 0 Å². The van der Waals surface area contributed by atoms with Crippen molar-refractivity contribution in [3.63, 3.8) is 0 Å². The molecule has 0 heterocycles. The van der Waals surface area contributed by atoms with E-state index in [1.807, 2.05) is 19.1 Å². The Labute approximate surface area is 95.4 Å². The van der Waals surface area contributed by atoms with E-state index < -0.39 is 0 Å². The average molecular weight is 170 g/mol.